The lowest BCUT2D eigenvalue weighted by Gasteiger charge is -2.26. The monoisotopic (exact) mass is 446 g/mol. The van der Waals surface area contributed by atoms with Gasteiger partial charge in [-0.2, -0.15) is 0 Å². The molecule has 1 fully saturated rings. The fraction of sp³-hybridized carbons (Fsp3) is 0.409. The minimum atomic E-state index is -0.134. The van der Waals surface area contributed by atoms with Crippen molar-refractivity contribution < 1.29 is 14.3 Å². The van der Waals surface area contributed by atoms with E-state index in [0.717, 1.165) is 49.3 Å². The minimum Gasteiger partial charge on any atom is -0.483 e. The van der Waals surface area contributed by atoms with Crippen molar-refractivity contribution in [3.05, 3.63) is 63.6 Å². The first-order chi connectivity index (χ1) is 13.6. The van der Waals surface area contributed by atoms with Gasteiger partial charge in [0.1, 0.15) is 5.75 Å². The molecule has 28 heavy (non-hydrogen) atoms. The molecule has 1 heterocycles. The summed E-state index contributed by atoms with van der Waals surface area (Å²) in [7, 11) is 0. The van der Waals surface area contributed by atoms with Crippen molar-refractivity contribution in [1.29, 1.82) is 0 Å². The van der Waals surface area contributed by atoms with Crippen LogP contribution in [-0.4, -0.2) is 43.7 Å². The second-order valence-corrected chi connectivity index (χ2v) is 7.75. The number of nitrogens with one attached hydrogen (secondary N) is 1. The van der Waals surface area contributed by atoms with Crippen LogP contribution < -0.4 is 10.1 Å². The fourth-order valence-electron chi connectivity index (χ4n) is 3.13. The minimum absolute atomic E-state index is 0.00244. The van der Waals surface area contributed by atoms with E-state index in [1.54, 1.807) is 0 Å². The highest BCUT2D eigenvalue weighted by Gasteiger charge is 2.11. The lowest BCUT2D eigenvalue weighted by molar-refractivity contribution is -0.123. The molecule has 0 radical (unpaired) electrons. The van der Waals surface area contributed by atoms with Crippen LogP contribution in [0.5, 0.6) is 5.75 Å². The number of carbonyl (C=O) groups is 1. The molecule has 3 rings (SSSR count). The summed E-state index contributed by atoms with van der Waals surface area (Å²) in [6, 6.07) is 14.3. The standard InChI is InChI=1S/C22H27BrN2O3/c1-2-17-6-7-21(20(23)13-17)28-16-22(26)24-14-18-4-3-5-19(12-18)15-25-8-10-27-11-9-25/h3-7,12-13H,2,8-11,14-16H2,1H3,(H,24,26). The van der Waals surface area contributed by atoms with Gasteiger partial charge in [0.05, 0.1) is 17.7 Å². The number of rotatable bonds is 8. The number of carbonyl (C=O) groups excluding carboxylic acids is 1. The smallest absolute Gasteiger partial charge is 0.258 e. The molecule has 0 aliphatic carbocycles. The molecule has 0 bridgehead atoms. The normalized spacial score (nSPS) is 14.6. The van der Waals surface area contributed by atoms with Crippen LogP contribution in [0.3, 0.4) is 0 Å². The number of hydrogen-bond donors (Lipinski definition) is 1. The Morgan fingerprint density at radius 3 is 2.68 bits per heavy atom. The van der Waals surface area contributed by atoms with Gasteiger partial charge in [0.15, 0.2) is 6.61 Å². The van der Waals surface area contributed by atoms with Crippen LogP contribution in [0.15, 0.2) is 46.9 Å². The van der Waals surface area contributed by atoms with Gasteiger partial charge in [-0.15, -0.1) is 0 Å². The topological polar surface area (TPSA) is 50.8 Å². The first kappa shape index (κ1) is 20.8. The zero-order valence-electron chi connectivity index (χ0n) is 16.2. The summed E-state index contributed by atoms with van der Waals surface area (Å²) >= 11 is 3.49. The zero-order valence-corrected chi connectivity index (χ0v) is 17.8. The Morgan fingerprint density at radius 1 is 1.14 bits per heavy atom. The molecule has 0 unspecified atom stereocenters. The van der Waals surface area contributed by atoms with Crippen molar-refractivity contribution in [3.8, 4) is 5.75 Å². The summed E-state index contributed by atoms with van der Waals surface area (Å²) in [5.41, 5.74) is 3.57. The molecule has 1 N–H and O–H groups in total. The third kappa shape index (κ3) is 6.33. The van der Waals surface area contributed by atoms with Gasteiger partial charge in [-0.3, -0.25) is 9.69 Å². The average molecular weight is 447 g/mol. The fourth-order valence-corrected chi connectivity index (χ4v) is 3.67. The van der Waals surface area contributed by atoms with Crippen LogP contribution in [0.25, 0.3) is 0 Å². The highest BCUT2D eigenvalue weighted by molar-refractivity contribution is 9.10. The maximum absolute atomic E-state index is 12.2. The van der Waals surface area contributed by atoms with E-state index in [1.807, 2.05) is 30.3 Å². The van der Waals surface area contributed by atoms with Crippen LogP contribution >= 0.6 is 15.9 Å². The molecule has 2 aromatic rings. The first-order valence-corrected chi connectivity index (χ1v) is 10.5. The molecule has 150 valence electrons. The first-order valence-electron chi connectivity index (χ1n) is 9.70. The molecule has 1 saturated heterocycles. The number of benzene rings is 2. The molecular formula is C22H27BrN2O3. The van der Waals surface area contributed by atoms with E-state index in [9.17, 15) is 4.79 Å². The Balaban J connectivity index is 1.45. The van der Waals surface area contributed by atoms with E-state index in [-0.39, 0.29) is 12.5 Å². The van der Waals surface area contributed by atoms with Crippen LogP contribution in [-0.2, 0) is 29.0 Å². The van der Waals surface area contributed by atoms with Crippen molar-refractivity contribution in [1.82, 2.24) is 10.2 Å². The van der Waals surface area contributed by atoms with E-state index in [4.69, 9.17) is 9.47 Å². The van der Waals surface area contributed by atoms with Gasteiger partial charge in [0.25, 0.3) is 5.91 Å². The van der Waals surface area contributed by atoms with Gasteiger partial charge in [0.2, 0.25) is 0 Å². The number of aryl methyl sites for hydroxylation is 1. The summed E-state index contributed by atoms with van der Waals surface area (Å²) in [4.78, 5) is 14.5. The van der Waals surface area contributed by atoms with Crippen molar-refractivity contribution in [2.75, 3.05) is 32.9 Å². The third-order valence-electron chi connectivity index (χ3n) is 4.75. The summed E-state index contributed by atoms with van der Waals surface area (Å²) in [5.74, 6) is 0.546. The number of hydrogen-bond acceptors (Lipinski definition) is 4. The van der Waals surface area contributed by atoms with Crippen molar-refractivity contribution in [3.63, 3.8) is 0 Å². The Labute approximate surface area is 175 Å². The SMILES string of the molecule is CCc1ccc(OCC(=O)NCc2cccc(CN3CCOCC3)c2)c(Br)c1. The van der Waals surface area contributed by atoms with E-state index < -0.39 is 0 Å². The molecule has 0 atom stereocenters. The number of morpholine rings is 1. The molecule has 0 saturated carbocycles. The summed E-state index contributed by atoms with van der Waals surface area (Å²) in [6.45, 7) is 7.04. The second kappa shape index (κ2) is 10.6. The van der Waals surface area contributed by atoms with Gasteiger partial charge < -0.3 is 14.8 Å². The zero-order chi connectivity index (χ0) is 19.8. The summed E-state index contributed by atoms with van der Waals surface area (Å²) in [5, 5.41) is 2.93. The second-order valence-electron chi connectivity index (χ2n) is 6.89. The highest BCUT2D eigenvalue weighted by atomic mass is 79.9. The Bertz CT molecular complexity index is 791. The maximum atomic E-state index is 12.2. The van der Waals surface area contributed by atoms with Gasteiger partial charge in [0, 0.05) is 26.2 Å². The van der Waals surface area contributed by atoms with E-state index >= 15 is 0 Å². The molecule has 1 aliphatic rings. The third-order valence-corrected chi connectivity index (χ3v) is 5.37. The van der Waals surface area contributed by atoms with Crippen molar-refractivity contribution >= 4 is 21.8 Å². The van der Waals surface area contributed by atoms with Crippen LogP contribution in [0.2, 0.25) is 0 Å². The van der Waals surface area contributed by atoms with Crippen molar-refractivity contribution in [2.45, 2.75) is 26.4 Å². The molecule has 1 aliphatic heterocycles. The van der Waals surface area contributed by atoms with Gasteiger partial charge >= 0.3 is 0 Å². The largest absolute Gasteiger partial charge is 0.483 e. The molecule has 2 aromatic carbocycles. The van der Waals surface area contributed by atoms with E-state index in [2.05, 4.69) is 45.2 Å². The predicted octanol–water partition coefficient (Wildman–Crippen LogP) is 3.54. The van der Waals surface area contributed by atoms with E-state index in [1.165, 1.54) is 11.1 Å². The number of amides is 1. The lowest BCUT2D eigenvalue weighted by Crippen LogP contribution is -2.35. The van der Waals surface area contributed by atoms with Crippen LogP contribution in [0.1, 0.15) is 23.6 Å². The van der Waals surface area contributed by atoms with Gasteiger partial charge in [-0.1, -0.05) is 37.3 Å². The highest BCUT2D eigenvalue weighted by Crippen LogP contribution is 2.26. The Kier molecular flexibility index (Phi) is 7.89. The Morgan fingerprint density at radius 2 is 1.93 bits per heavy atom. The molecule has 0 aromatic heterocycles. The van der Waals surface area contributed by atoms with Gasteiger partial charge in [-0.05, 0) is 51.2 Å². The number of halogens is 1. The van der Waals surface area contributed by atoms with Crippen molar-refractivity contribution in [2.24, 2.45) is 0 Å². The van der Waals surface area contributed by atoms with Crippen LogP contribution in [0.4, 0.5) is 0 Å². The number of ether oxygens (including phenoxy) is 2. The molecule has 1 amide bonds. The van der Waals surface area contributed by atoms with Gasteiger partial charge in [-0.25, -0.2) is 0 Å². The van der Waals surface area contributed by atoms with E-state index in [0.29, 0.717) is 12.3 Å². The molecular weight excluding hydrogens is 420 g/mol. The molecule has 6 heteroatoms. The lowest BCUT2D eigenvalue weighted by atomic mass is 10.1. The maximum Gasteiger partial charge on any atom is 0.258 e. The quantitative estimate of drug-likeness (QED) is 0.673. The Hall–Kier alpha value is -1.89. The average Bonchev–Trinajstić information content (AvgIpc) is 2.72. The van der Waals surface area contributed by atoms with Crippen LogP contribution in [0, 0.1) is 0 Å². The predicted molar refractivity (Wildman–Crippen MR) is 113 cm³/mol. The number of nitrogens with zero attached hydrogens (tertiary/aromatic N) is 1. The molecule has 0 spiro atoms. The summed E-state index contributed by atoms with van der Waals surface area (Å²) < 4.78 is 11.9. The molecule has 5 nitrogen and oxygen atoms in total. The summed E-state index contributed by atoms with van der Waals surface area (Å²) in [6.07, 6.45) is 0.962.